The molecule has 7 heteroatoms. The second-order valence-electron chi connectivity index (χ2n) is 7.41. The molecule has 0 saturated carbocycles. The van der Waals surface area contributed by atoms with Crippen molar-refractivity contribution in [2.45, 2.75) is 24.0 Å². The van der Waals surface area contributed by atoms with Gasteiger partial charge in [0.1, 0.15) is 6.54 Å². The van der Waals surface area contributed by atoms with Crippen molar-refractivity contribution >= 4 is 33.4 Å². The molecule has 5 nitrogen and oxygen atoms in total. The van der Waals surface area contributed by atoms with Crippen LogP contribution < -0.4 is 9.62 Å². The van der Waals surface area contributed by atoms with Crippen molar-refractivity contribution in [3.8, 4) is 0 Å². The van der Waals surface area contributed by atoms with Crippen LogP contribution in [0.15, 0.2) is 89.8 Å². The van der Waals surface area contributed by atoms with Crippen LogP contribution in [0.1, 0.15) is 17.5 Å². The molecule has 0 saturated heterocycles. The Morgan fingerprint density at radius 1 is 0.938 bits per heavy atom. The summed E-state index contributed by atoms with van der Waals surface area (Å²) in [4.78, 5) is 12.8. The van der Waals surface area contributed by atoms with Gasteiger partial charge in [0.2, 0.25) is 5.91 Å². The van der Waals surface area contributed by atoms with Crippen LogP contribution in [0.25, 0.3) is 0 Å². The first kappa shape index (κ1) is 23.9. The van der Waals surface area contributed by atoms with E-state index in [1.807, 2.05) is 43.0 Å². The summed E-state index contributed by atoms with van der Waals surface area (Å²) in [6, 6.07) is 25.6. The molecule has 3 aromatic rings. The lowest BCUT2D eigenvalue weighted by Crippen LogP contribution is -2.41. The number of anilines is 1. The highest BCUT2D eigenvalue weighted by Gasteiger charge is 2.27. The van der Waals surface area contributed by atoms with E-state index in [0.717, 1.165) is 23.5 Å². The zero-order valence-corrected chi connectivity index (χ0v) is 19.7. The number of sulfonamides is 1. The van der Waals surface area contributed by atoms with Gasteiger partial charge >= 0.3 is 0 Å². The molecule has 1 amide bonds. The van der Waals surface area contributed by atoms with Crippen molar-refractivity contribution in [3.05, 3.63) is 96.1 Å². The number of benzene rings is 3. The summed E-state index contributed by atoms with van der Waals surface area (Å²) in [5.74, 6) is 1.53. The first-order valence-corrected chi connectivity index (χ1v) is 13.1. The third-order valence-electron chi connectivity index (χ3n) is 4.81. The topological polar surface area (TPSA) is 66.5 Å². The Balaban J connectivity index is 1.58. The quantitative estimate of drug-likeness (QED) is 0.417. The fourth-order valence-electron chi connectivity index (χ4n) is 3.17. The van der Waals surface area contributed by atoms with Crippen molar-refractivity contribution in [3.63, 3.8) is 0 Å². The monoisotopic (exact) mass is 468 g/mol. The zero-order valence-electron chi connectivity index (χ0n) is 18.1. The van der Waals surface area contributed by atoms with E-state index in [0.29, 0.717) is 12.2 Å². The van der Waals surface area contributed by atoms with Gasteiger partial charge in [-0.15, -0.1) is 0 Å². The molecule has 0 radical (unpaired) electrons. The lowest BCUT2D eigenvalue weighted by molar-refractivity contribution is -0.119. The molecule has 0 atom stereocenters. The summed E-state index contributed by atoms with van der Waals surface area (Å²) in [5.41, 5.74) is 2.68. The van der Waals surface area contributed by atoms with Gasteiger partial charge in [0, 0.05) is 12.3 Å². The SMILES string of the molecule is Cc1cccc(N(CC(=O)NCCCSCc2ccccc2)S(=O)(=O)c2ccccc2)c1. The first-order valence-electron chi connectivity index (χ1n) is 10.5. The van der Waals surface area contributed by atoms with Gasteiger partial charge in [-0.25, -0.2) is 8.42 Å². The highest BCUT2D eigenvalue weighted by molar-refractivity contribution is 7.98. The van der Waals surface area contributed by atoms with E-state index in [1.54, 1.807) is 48.5 Å². The predicted molar refractivity (Wildman–Crippen MR) is 132 cm³/mol. The molecule has 1 N–H and O–H groups in total. The Morgan fingerprint density at radius 3 is 2.31 bits per heavy atom. The molecule has 0 bridgehead atoms. The standard InChI is InChI=1S/C25H28N2O3S2/c1-21-10-8-13-23(18-21)27(32(29,30)24-14-6-3-7-15-24)19-25(28)26-16-9-17-31-20-22-11-4-2-5-12-22/h2-8,10-15,18H,9,16-17,19-20H2,1H3,(H,26,28). The predicted octanol–water partition coefficient (Wildman–Crippen LogP) is 4.63. The number of aryl methyl sites for hydroxylation is 1. The van der Waals surface area contributed by atoms with Gasteiger partial charge in [-0.05, 0) is 54.5 Å². The van der Waals surface area contributed by atoms with E-state index in [-0.39, 0.29) is 17.3 Å². The number of amides is 1. The van der Waals surface area contributed by atoms with Gasteiger partial charge in [0.15, 0.2) is 0 Å². The third kappa shape index (κ3) is 6.87. The van der Waals surface area contributed by atoms with Crippen molar-refractivity contribution in [2.75, 3.05) is 23.1 Å². The fourth-order valence-corrected chi connectivity index (χ4v) is 5.53. The van der Waals surface area contributed by atoms with Crippen molar-refractivity contribution in [1.29, 1.82) is 0 Å². The highest BCUT2D eigenvalue weighted by Crippen LogP contribution is 2.24. The average Bonchev–Trinajstić information content (AvgIpc) is 2.81. The molecule has 0 spiro atoms. The molecular formula is C25H28N2O3S2. The Labute approximate surface area is 194 Å². The van der Waals surface area contributed by atoms with Crippen LogP contribution in [0.4, 0.5) is 5.69 Å². The second kappa shape index (κ2) is 11.7. The van der Waals surface area contributed by atoms with Crippen LogP contribution in [0.3, 0.4) is 0 Å². The number of nitrogens with one attached hydrogen (secondary N) is 1. The minimum Gasteiger partial charge on any atom is -0.354 e. The third-order valence-corrected chi connectivity index (χ3v) is 7.71. The fraction of sp³-hybridized carbons (Fsp3) is 0.240. The Hall–Kier alpha value is -2.77. The molecule has 168 valence electrons. The van der Waals surface area contributed by atoms with Crippen molar-refractivity contribution in [1.82, 2.24) is 5.32 Å². The van der Waals surface area contributed by atoms with Crippen LogP contribution in [-0.4, -0.2) is 33.2 Å². The molecule has 0 aliphatic carbocycles. The molecular weight excluding hydrogens is 440 g/mol. The van der Waals surface area contributed by atoms with E-state index in [4.69, 9.17) is 0 Å². The van der Waals surface area contributed by atoms with E-state index >= 15 is 0 Å². The molecule has 3 rings (SSSR count). The van der Waals surface area contributed by atoms with Crippen LogP contribution >= 0.6 is 11.8 Å². The van der Waals surface area contributed by atoms with Crippen molar-refractivity contribution < 1.29 is 13.2 Å². The number of nitrogens with zero attached hydrogens (tertiary/aromatic N) is 1. The maximum Gasteiger partial charge on any atom is 0.264 e. The van der Waals surface area contributed by atoms with E-state index in [2.05, 4.69) is 17.4 Å². The lowest BCUT2D eigenvalue weighted by atomic mass is 10.2. The number of rotatable bonds is 11. The number of carbonyl (C=O) groups is 1. The minimum absolute atomic E-state index is 0.159. The molecule has 3 aromatic carbocycles. The largest absolute Gasteiger partial charge is 0.354 e. The summed E-state index contributed by atoms with van der Waals surface area (Å²) >= 11 is 1.81. The van der Waals surface area contributed by atoms with Gasteiger partial charge in [-0.1, -0.05) is 60.7 Å². The van der Waals surface area contributed by atoms with Crippen LogP contribution in [0.5, 0.6) is 0 Å². The molecule has 0 aliphatic rings. The van der Waals surface area contributed by atoms with Gasteiger partial charge < -0.3 is 5.32 Å². The first-order chi connectivity index (χ1) is 15.5. The normalized spacial score (nSPS) is 11.2. The summed E-state index contributed by atoms with van der Waals surface area (Å²) in [5, 5.41) is 2.86. The Kier molecular flexibility index (Phi) is 8.76. The minimum atomic E-state index is -3.87. The number of carbonyl (C=O) groups excluding carboxylic acids is 1. The number of hydrogen-bond acceptors (Lipinski definition) is 4. The second-order valence-corrected chi connectivity index (χ2v) is 10.4. The molecule has 0 heterocycles. The summed E-state index contributed by atoms with van der Waals surface area (Å²) in [6.45, 7) is 2.13. The highest BCUT2D eigenvalue weighted by atomic mass is 32.2. The van der Waals surface area contributed by atoms with Crippen molar-refractivity contribution in [2.24, 2.45) is 0 Å². The maximum atomic E-state index is 13.3. The molecule has 0 aliphatic heterocycles. The van der Waals surface area contributed by atoms with Crippen LogP contribution in [-0.2, 0) is 20.6 Å². The molecule has 0 fully saturated rings. The van der Waals surface area contributed by atoms with E-state index in [1.165, 1.54) is 9.87 Å². The van der Waals surface area contributed by atoms with Gasteiger partial charge in [0.05, 0.1) is 10.6 Å². The smallest absolute Gasteiger partial charge is 0.264 e. The van der Waals surface area contributed by atoms with Gasteiger partial charge in [-0.3, -0.25) is 9.10 Å². The van der Waals surface area contributed by atoms with Crippen LogP contribution in [0, 0.1) is 6.92 Å². The Morgan fingerprint density at radius 2 is 1.62 bits per heavy atom. The van der Waals surface area contributed by atoms with E-state index < -0.39 is 10.0 Å². The summed E-state index contributed by atoms with van der Waals surface area (Å²) < 4.78 is 27.7. The number of hydrogen-bond donors (Lipinski definition) is 1. The molecule has 32 heavy (non-hydrogen) atoms. The van der Waals surface area contributed by atoms with Crippen LogP contribution in [0.2, 0.25) is 0 Å². The average molecular weight is 469 g/mol. The van der Waals surface area contributed by atoms with Gasteiger partial charge in [0.25, 0.3) is 10.0 Å². The summed E-state index contributed by atoms with van der Waals surface area (Å²) in [6.07, 6.45) is 0.819. The maximum absolute atomic E-state index is 13.3. The summed E-state index contributed by atoms with van der Waals surface area (Å²) in [7, 11) is -3.87. The Bertz CT molecular complexity index is 1100. The van der Waals surface area contributed by atoms with E-state index in [9.17, 15) is 13.2 Å². The van der Waals surface area contributed by atoms with Gasteiger partial charge in [-0.2, -0.15) is 11.8 Å². The number of thioether (sulfide) groups is 1. The zero-order chi connectivity index (χ0) is 22.8. The molecule has 0 unspecified atom stereocenters. The lowest BCUT2D eigenvalue weighted by Gasteiger charge is -2.24. The molecule has 0 aromatic heterocycles.